The molecule has 4 aliphatic heterocycles. The summed E-state index contributed by atoms with van der Waals surface area (Å²) < 4.78 is 10.4. The molecule has 2 aromatic carbocycles. The summed E-state index contributed by atoms with van der Waals surface area (Å²) in [5.41, 5.74) is 6.81. The molecule has 4 aliphatic rings. The molecule has 0 aromatic heterocycles. The van der Waals surface area contributed by atoms with Gasteiger partial charge in [0, 0.05) is 39.3 Å². The lowest BCUT2D eigenvalue weighted by atomic mass is 9.85. The number of hydrogen-bond donors (Lipinski definition) is 7. The third-order valence-corrected chi connectivity index (χ3v) is 14.8. The van der Waals surface area contributed by atoms with Crippen LogP contribution in [-0.4, -0.2) is 207 Å². The van der Waals surface area contributed by atoms with Crippen molar-refractivity contribution in [3.05, 3.63) is 71.8 Å². The van der Waals surface area contributed by atoms with Crippen LogP contribution in [0.25, 0.3) is 0 Å². The van der Waals surface area contributed by atoms with Crippen molar-refractivity contribution in [2.45, 2.75) is 182 Å². The lowest BCUT2D eigenvalue weighted by molar-refractivity contribution is -0.142. The van der Waals surface area contributed by atoms with Crippen LogP contribution in [0, 0.1) is 10.8 Å². The van der Waals surface area contributed by atoms with E-state index in [1.165, 1.54) is 19.0 Å². The van der Waals surface area contributed by atoms with Crippen molar-refractivity contribution < 1.29 is 58.0 Å². The molecule has 6 rings (SSSR count). The van der Waals surface area contributed by atoms with Crippen LogP contribution in [0.4, 0.5) is 19.2 Å². The van der Waals surface area contributed by atoms with Gasteiger partial charge in [0.05, 0.1) is 61.5 Å². The number of likely N-dealkylation sites (N-methyl/N-ethyl adjacent to an activating group) is 3. The number of rotatable bonds is 13. The first kappa shape index (κ1) is 66.0. The summed E-state index contributed by atoms with van der Waals surface area (Å²) in [5, 5.41) is 32.6. The Morgan fingerprint density at radius 2 is 1.04 bits per heavy atom. The number of urea groups is 2. The first-order valence-corrected chi connectivity index (χ1v) is 27.6. The number of nitrogens with one attached hydrogen (secondary N) is 4. The Morgan fingerprint density at radius 3 is 1.43 bits per heavy atom. The Kier molecular flexibility index (Phi) is 23.7. The second-order valence-corrected chi connectivity index (χ2v) is 23.8. The number of aliphatic hydroxyl groups is 2. The number of nitrogens with zero attached hydrogens (tertiary/aromatic N) is 6. The molecule has 0 saturated carbocycles. The molecule has 4 heterocycles. The van der Waals surface area contributed by atoms with Crippen LogP contribution in [0.15, 0.2) is 60.7 Å². The fourth-order valence-corrected chi connectivity index (χ4v) is 9.84. The number of imide groups is 1. The summed E-state index contributed by atoms with van der Waals surface area (Å²) in [4.78, 5) is 109. The van der Waals surface area contributed by atoms with E-state index >= 15 is 0 Å². The number of nitrogens with two attached hydrogens (primary N) is 1. The van der Waals surface area contributed by atoms with Gasteiger partial charge in [-0.2, -0.15) is 0 Å². The molecule has 80 heavy (non-hydrogen) atoms. The number of hydrogen-bond acceptors (Lipinski definition) is 14. The van der Waals surface area contributed by atoms with E-state index in [0.717, 1.165) is 16.0 Å². The summed E-state index contributed by atoms with van der Waals surface area (Å²) in [6.07, 6.45) is -1.70. The van der Waals surface area contributed by atoms with E-state index in [-0.39, 0.29) is 91.7 Å². The van der Waals surface area contributed by atoms with Gasteiger partial charge < -0.3 is 66.3 Å². The molecule has 0 radical (unpaired) electrons. The molecule has 10 atom stereocenters. The summed E-state index contributed by atoms with van der Waals surface area (Å²) in [7, 11) is 4.54. The zero-order valence-corrected chi connectivity index (χ0v) is 49.6. The quantitative estimate of drug-likeness (QED) is 0.151. The maximum atomic E-state index is 13.8. The molecule has 4 fully saturated rings. The largest absolute Gasteiger partial charge is 0.445 e. The van der Waals surface area contributed by atoms with Gasteiger partial charge in [-0.1, -0.05) is 102 Å². The maximum absolute atomic E-state index is 13.8. The van der Waals surface area contributed by atoms with E-state index in [4.69, 9.17) is 15.2 Å². The number of amides is 10. The van der Waals surface area contributed by atoms with E-state index in [1.807, 2.05) is 130 Å². The number of likely N-dealkylation sites (tertiary alicyclic amines) is 4. The Labute approximate surface area is 472 Å². The standard InChI is InChI=1S/C28H43N5O6.C16H30N4O3.C13H18N2O3/c1-17(2)29-26(37)33-15-21(34)22-20(33)13-14-32(22)25(36)23(28(4,5)6)30-24(35)18(3)31(7)27(38)39-16-19-11-9-8-10-12-19;1-9(2)18-15(23)20-8-11(21)12-10(20)6-7-19(12)14(22)13(17)16(3,4)5;1-10(14-2)12(16)15(3)13(17)18-9-11-7-5-4-6-8-11/h8-12,17-18,20-23,34H,13-16H2,1-7H3,(H,29,37)(H,30,35);9-13,21H,6-8,17H2,1-5H3,(H,18,23);4-8,10,14H,9H2,1-3H3/t18-,20+,21-,22-,23+;10-,11+,12+,13-;/m01./s1. The van der Waals surface area contributed by atoms with Gasteiger partial charge in [0.2, 0.25) is 23.6 Å². The highest BCUT2D eigenvalue weighted by atomic mass is 16.6. The maximum Gasteiger partial charge on any atom is 0.416 e. The fourth-order valence-electron chi connectivity index (χ4n) is 9.84. The summed E-state index contributed by atoms with van der Waals surface area (Å²) in [6.45, 7) is 23.6. The summed E-state index contributed by atoms with van der Waals surface area (Å²) in [6, 6.07) is 13.9. The van der Waals surface area contributed by atoms with Gasteiger partial charge in [-0.05, 0) is 83.4 Å². The highest BCUT2D eigenvalue weighted by molar-refractivity contribution is 5.94. The number of benzene rings is 2. The number of carbonyl (C=O) groups excluding carboxylic acids is 8. The van der Waals surface area contributed by atoms with Crippen LogP contribution >= 0.6 is 0 Å². The molecule has 0 aliphatic carbocycles. The minimum absolute atomic E-state index is 0.0344. The highest BCUT2D eigenvalue weighted by Gasteiger charge is 2.54. The van der Waals surface area contributed by atoms with Crippen molar-refractivity contribution >= 4 is 47.9 Å². The van der Waals surface area contributed by atoms with Gasteiger partial charge >= 0.3 is 24.2 Å². The first-order chi connectivity index (χ1) is 37.3. The molecular weight excluding hydrogens is 1030 g/mol. The second kappa shape index (κ2) is 28.7. The minimum Gasteiger partial charge on any atom is -0.445 e. The topological polar surface area (TPSA) is 289 Å². The van der Waals surface area contributed by atoms with Crippen molar-refractivity contribution in [2.75, 3.05) is 47.3 Å². The normalized spacial score (nSPS) is 21.8. The predicted octanol–water partition coefficient (Wildman–Crippen LogP) is 3.45. The van der Waals surface area contributed by atoms with Crippen LogP contribution < -0.4 is 27.0 Å². The average molecular weight is 1120 g/mol. The zero-order chi connectivity index (χ0) is 60.1. The average Bonchev–Trinajstić information content (AvgIpc) is 4.20. The van der Waals surface area contributed by atoms with Gasteiger partial charge in [-0.25, -0.2) is 24.1 Å². The van der Waals surface area contributed by atoms with Gasteiger partial charge in [-0.3, -0.25) is 24.1 Å². The van der Waals surface area contributed by atoms with Crippen molar-refractivity contribution in [2.24, 2.45) is 16.6 Å². The Bertz CT molecular complexity index is 2420. The molecule has 4 saturated heterocycles. The highest BCUT2D eigenvalue weighted by Crippen LogP contribution is 2.36. The van der Waals surface area contributed by atoms with Crippen molar-refractivity contribution in [1.82, 2.24) is 50.7 Å². The Hall–Kier alpha value is -6.56. The second-order valence-electron chi connectivity index (χ2n) is 23.8. The van der Waals surface area contributed by atoms with Crippen LogP contribution in [0.2, 0.25) is 0 Å². The molecule has 0 spiro atoms. The zero-order valence-electron chi connectivity index (χ0n) is 49.6. The monoisotopic (exact) mass is 1120 g/mol. The molecular formula is C57H91N11O12. The van der Waals surface area contributed by atoms with Gasteiger partial charge in [0.25, 0.3) is 0 Å². The first-order valence-electron chi connectivity index (χ1n) is 27.6. The minimum atomic E-state index is -0.911. The van der Waals surface area contributed by atoms with E-state index in [9.17, 15) is 48.6 Å². The van der Waals surface area contributed by atoms with Crippen molar-refractivity contribution in [3.63, 3.8) is 0 Å². The molecule has 1 unspecified atom stereocenters. The van der Waals surface area contributed by atoms with Gasteiger partial charge in [0.15, 0.2) is 0 Å². The summed E-state index contributed by atoms with van der Waals surface area (Å²) in [5.74, 6) is -1.29. The fraction of sp³-hybridized carbons (Fsp3) is 0.649. The van der Waals surface area contributed by atoms with Crippen molar-refractivity contribution in [3.8, 4) is 0 Å². The van der Waals surface area contributed by atoms with E-state index in [2.05, 4.69) is 21.3 Å². The molecule has 0 bridgehead atoms. The van der Waals surface area contributed by atoms with Gasteiger partial charge in [-0.15, -0.1) is 0 Å². The molecule has 23 heteroatoms. The molecule has 8 N–H and O–H groups in total. The van der Waals surface area contributed by atoms with Crippen molar-refractivity contribution in [1.29, 1.82) is 0 Å². The SMILES string of the molecule is CC(C)NC(=O)N1C[C@H](O)[C@@H]2[C@H]1CCN2C(=O)[C@@H](N)C(C)(C)C.CC(C)NC(=O)N1C[C@H](O)[C@@H]2[C@H]1CCN2C(=O)[C@@H](NC(=O)[C@H](C)N(C)C(=O)OCc1ccccc1)C(C)(C)C.CNC(C)C(=O)N(C)C(=O)OCc1ccccc1. The number of β-amino-alcohol motifs (C(OH)–C–C–N with tert-alkyl or cyclic N) is 2. The molecule has 2 aromatic rings. The Balaban J connectivity index is 0.000000284. The summed E-state index contributed by atoms with van der Waals surface area (Å²) >= 11 is 0. The molecule has 446 valence electrons. The molecule has 23 nitrogen and oxygen atoms in total. The Morgan fingerprint density at radius 1 is 0.625 bits per heavy atom. The van der Waals surface area contributed by atoms with E-state index in [0.29, 0.717) is 25.9 Å². The predicted molar refractivity (Wildman–Crippen MR) is 301 cm³/mol. The van der Waals surface area contributed by atoms with Gasteiger partial charge in [0.1, 0.15) is 25.3 Å². The van der Waals surface area contributed by atoms with Crippen LogP contribution in [0.5, 0.6) is 0 Å². The number of fused-ring (bicyclic) bond motifs is 2. The van der Waals surface area contributed by atoms with E-state index < -0.39 is 65.9 Å². The van der Waals surface area contributed by atoms with Crippen LogP contribution in [0.3, 0.4) is 0 Å². The lowest BCUT2D eigenvalue weighted by Gasteiger charge is -2.37. The molecule has 10 amide bonds. The van der Waals surface area contributed by atoms with Crippen LogP contribution in [-0.2, 0) is 41.9 Å². The smallest absolute Gasteiger partial charge is 0.416 e. The number of carbonyl (C=O) groups is 8. The third-order valence-electron chi connectivity index (χ3n) is 14.8. The van der Waals surface area contributed by atoms with E-state index in [1.54, 1.807) is 40.5 Å². The lowest BCUT2D eigenvalue weighted by Crippen LogP contribution is -2.60. The number of aliphatic hydroxyl groups excluding tert-OH is 2. The van der Waals surface area contributed by atoms with Crippen LogP contribution in [0.1, 0.15) is 107 Å². The third kappa shape index (κ3) is 17.2. The number of ether oxygens (including phenoxy) is 2.